The van der Waals surface area contributed by atoms with Crippen LogP contribution >= 0.6 is 11.6 Å². The first-order chi connectivity index (χ1) is 7.70. The molecular formula is C11H17ClN4. The minimum absolute atomic E-state index is 0.254. The van der Waals surface area contributed by atoms with Crippen molar-refractivity contribution in [3.05, 3.63) is 11.2 Å². The van der Waals surface area contributed by atoms with Crippen LogP contribution in [-0.4, -0.2) is 22.6 Å². The Bertz CT molecular complexity index is 345. The molecular weight excluding hydrogens is 224 g/mol. The first kappa shape index (κ1) is 11.5. The molecule has 1 aromatic heterocycles. The standard InChI is InChI=1S/C11H17ClN4/c1-2-3-6-16(8-4-5-8)10-7-9(12)14-11(13)15-10/h7-8H,2-6H2,1H3,(H2,13,14,15). The van der Waals surface area contributed by atoms with Gasteiger partial charge in [-0.05, 0) is 19.3 Å². The number of nitrogen functional groups attached to an aromatic ring is 1. The highest BCUT2D eigenvalue weighted by Gasteiger charge is 2.29. The smallest absolute Gasteiger partial charge is 0.223 e. The van der Waals surface area contributed by atoms with Gasteiger partial charge in [-0.25, -0.2) is 4.98 Å². The average molecular weight is 241 g/mol. The lowest BCUT2D eigenvalue weighted by Crippen LogP contribution is -2.28. The van der Waals surface area contributed by atoms with E-state index < -0.39 is 0 Å². The highest BCUT2D eigenvalue weighted by atomic mass is 35.5. The second kappa shape index (κ2) is 4.87. The normalized spacial score (nSPS) is 15.1. The maximum absolute atomic E-state index is 5.90. The van der Waals surface area contributed by atoms with E-state index in [1.165, 1.54) is 19.3 Å². The summed E-state index contributed by atoms with van der Waals surface area (Å²) < 4.78 is 0. The number of halogens is 1. The summed E-state index contributed by atoms with van der Waals surface area (Å²) in [5.74, 6) is 1.12. The van der Waals surface area contributed by atoms with E-state index in [1.54, 1.807) is 6.07 Å². The van der Waals surface area contributed by atoms with E-state index >= 15 is 0 Å². The van der Waals surface area contributed by atoms with E-state index in [4.69, 9.17) is 17.3 Å². The molecule has 0 aromatic carbocycles. The molecule has 0 unspecified atom stereocenters. The highest BCUT2D eigenvalue weighted by Crippen LogP contribution is 2.31. The van der Waals surface area contributed by atoms with Crippen LogP contribution in [-0.2, 0) is 0 Å². The Balaban J connectivity index is 2.16. The fourth-order valence-corrected chi connectivity index (χ4v) is 1.95. The summed E-state index contributed by atoms with van der Waals surface area (Å²) >= 11 is 5.90. The Morgan fingerprint density at radius 1 is 1.50 bits per heavy atom. The van der Waals surface area contributed by atoms with Crippen molar-refractivity contribution >= 4 is 23.4 Å². The number of unbranched alkanes of at least 4 members (excludes halogenated alkanes) is 1. The third-order valence-corrected chi connectivity index (χ3v) is 2.93. The summed E-state index contributed by atoms with van der Waals surface area (Å²) in [5, 5.41) is 0.421. The summed E-state index contributed by atoms with van der Waals surface area (Å²) in [6, 6.07) is 2.42. The predicted molar refractivity (Wildman–Crippen MR) is 66.7 cm³/mol. The van der Waals surface area contributed by atoms with Crippen LogP contribution in [0.15, 0.2) is 6.07 Å². The summed E-state index contributed by atoms with van der Waals surface area (Å²) in [4.78, 5) is 10.4. The van der Waals surface area contributed by atoms with Gasteiger partial charge in [-0.2, -0.15) is 4.98 Å². The van der Waals surface area contributed by atoms with Crippen molar-refractivity contribution < 1.29 is 0 Å². The molecule has 1 aromatic rings. The topological polar surface area (TPSA) is 55.0 Å². The third-order valence-electron chi connectivity index (χ3n) is 2.73. The van der Waals surface area contributed by atoms with Crippen LogP contribution in [0, 0.1) is 0 Å². The lowest BCUT2D eigenvalue weighted by Gasteiger charge is -2.23. The van der Waals surface area contributed by atoms with Gasteiger partial charge in [-0.1, -0.05) is 24.9 Å². The van der Waals surface area contributed by atoms with Gasteiger partial charge in [0.1, 0.15) is 11.0 Å². The van der Waals surface area contributed by atoms with Crippen LogP contribution in [0.1, 0.15) is 32.6 Å². The first-order valence-electron chi connectivity index (χ1n) is 5.77. The molecule has 4 nitrogen and oxygen atoms in total. The van der Waals surface area contributed by atoms with Crippen molar-refractivity contribution in [2.75, 3.05) is 17.2 Å². The molecule has 5 heteroatoms. The van der Waals surface area contributed by atoms with E-state index in [1.807, 2.05) is 0 Å². The van der Waals surface area contributed by atoms with Crippen molar-refractivity contribution in [3.63, 3.8) is 0 Å². The van der Waals surface area contributed by atoms with Crippen molar-refractivity contribution in [1.82, 2.24) is 9.97 Å². The van der Waals surface area contributed by atoms with Gasteiger partial charge in [-0.15, -0.1) is 0 Å². The van der Waals surface area contributed by atoms with Gasteiger partial charge in [-0.3, -0.25) is 0 Å². The number of hydrogen-bond acceptors (Lipinski definition) is 4. The number of rotatable bonds is 5. The maximum Gasteiger partial charge on any atom is 0.223 e. The minimum atomic E-state index is 0.254. The van der Waals surface area contributed by atoms with E-state index in [0.29, 0.717) is 11.2 Å². The van der Waals surface area contributed by atoms with E-state index in [9.17, 15) is 0 Å². The molecule has 1 heterocycles. The van der Waals surface area contributed by atoms with Gasteiger partial charge in [0.2, 0.25) is 5.95 Å². The van der Waals surface area contributed by atoms with Gasteiger partial charge in [0.05, 0.1) is 0 Å². The molecule has 0 bridgehead atoms. The largest absolute Gasteiger partial charge is 0.368 e. The zero-order valence-electron chi connectivity index (χ0n) is 9.49. The summed E-state index contributed by atoms with van der Waals surface area (Å²) in [6.45, 7) is 3.21. The molecule has 1 fully saturated rings. The van der Waals surface area contributed by atoms with Gasteiger partial charge < -0.3 is 10.6 Å². The predicted octanol–water partition coefficient (Wildman–Crippen LogP) is 2.48. The summed E-state index contributed by atoms with van der Waals surface area (Å²) in [7, 11) is 0. The van der Waals surface area contributed by atoms with E-state index in [2.05, 4.69) is 21.8 Å². The minimum Gasteiger partial charge on any atom is -0.368 e. The lowest BCUT2D eigenvalue weighted by molar-refractivity contribution is 0.704. The molecule has 0 saturated heterocycles. The van der Waals surface area contributed by atoms with Crippen LogP contribution in [0.4, 0.5) is 11.8 Å². The van der Waals surface area contributed by atoms with Crippen LogP contribution < -0.4 is 10.6 Å². The number of anilines is 2. The molecule has 0 amide bonds. The average Bonchev–Trinajstić information content (AvgIpc) is 3.01. The van der Waals surface area contributed by atoms with Crippen molar-refractivity contribution in [2.24, 2.45) is 0 Å². The molecule has 2 rings (SSSR count). The van der Waals surface area contributed by atoms with Gasteiger partial charge in [0.15, 0.2) is 0 Å². The molecule has 16 heavy (non-hydrogen) atoms. The molecule has 1 aliphatic carbocycles. The Hall–Kier alpha value is -1.03. The van der Waals surface area contributed by atoms with Gasteiger partial charge in [0.25, 0.3) is 0 Å². The van der Waals surface area contributed by atoms with Crippen LogP contribution in [0.5, 0.6) is 0 Å². The van der Waals surface area contributed by atoms with Crippen LogP contribution in [0.2, 0.25) is 5.15 Å². The monoisotopic (exact) mass is 240 g/mol. The Kier molecular flexibility index (Phi) is 3.49. The second-order valence-electron chi connectivity index (χ2n) is 4.19. The van der Waals surface area contributed by atoms with Gasteiger partial charge in [0, 0.05) is 18.7 Å². The molecule has 0 atom stereocenters. The SMILES string of the molecule is CCCCN(c1cc(Cl)nc(N)n1)C1CC1. The number of nitrogens with two attached hydrogens (primary N) is 1. The molecule has 88 valence electrons. The molecule has 1 aliphatic rings. The highest BCUT2D eigenvalue weighted by molar-refractivity contribution is 6.29. The Morgan fingerprint density at radius 3 is 2.81 bits per heavy atom. The maximum atomic E-state index is 5.90. The van der Waals surface area contributed by atoms with E-state index in [0.717, 1.165) is 18.8 Å². The van der Waals surface area contributed by atoms with E-state index in [-0.39, 0.29) is 5.95 Å². The Morgan fingerprint density at radius 2 is 2.25 bits per heavy atom. The van der Waals surface area contributed by atoms with Gasteiger partial charge >= 0.3 is 0 Å². The molecule has 0 radical (unpaired) electrons. The molecule has 0 aliphatic heterocycles. The Labute approximate surface area is 101 Å². The fourth-order valence-electron chi connectivity index (χ4n) is 1.77. The zero-order valence-corrected chi connectivity index (χ0v) is 10.2. The number of aromatic nitrogens is 2. The van der Waals surface area contributed by atoms with Crippen LogP contribution in [0.25, 0.3) is 0 Å². The van der Waals surface area contributed by atoms with Crippen molar-refractivity contribution in [1.29, 1.82) is 0 Å². The second-order valence-corrected chi connectivity index (χ2v) is 4.57. The lowest BCUT2D eigenvalue weighted by atomic mass is 10.3. The molecule has 1 saturated carbocycles. The summed E-state index contributed by atoms with van der Waals surface area (Å²) in [5.41, 5.74) is 5.61. The molecule has 0 spiro atoms. The van der Waals surface area contributed by atoms with Crippen molar-refractivity contribution in [3.8, 4) is 0 Å². The fraction of sp³-hybridized carbons (Fsp3) is 0.636. The van der Waals surface area contributed by atoms with Crippen molar-refractivity contribution in [2.45, 2.75) is 38.6 Å². The molecule has 2 N–H and O–H groups in total. The zero-order chi connectivity index (χ0) is 11.5. The number of nitrogens with zero attached hydrogens (tertiary/aromatic N) is 3. The summed E-state index contributed by atoms with van der Waals surface area (Å²) in [6.07, 6.45) is 4.83. The van der Waals surface area contributed by atoms with Crippen LogP contribution in [0.3, 0.4) is 0 Å². The number of hydrogen-bond donors (Lipinski definition) is 1. The quantitative estimate of drug-likeness (QED) is 0.804. The third kappa shape index (κ3) is 2.76. The first-order valence-corrected chi connectivity index (χ1v) is 6.15.